The minimum absolute atomic E-state index is 0.730. The summed E-state index contributed by atoms with van der Waals surface area (Å²) >= 11 is 3.54. The summed E-state index contributed by atoms with van der Waals surface area (Å²) in [5.41, 5.74) is 8.85. The molecule has 74 valence electrons. The highest BCUT2D eigenvalue weighted by atomic mass is 79.9. The summed E-state index contributed by atoms with van der Waals surface area (Å²) < 4.78 is 1.12. The minimum atomic E-state index is 0.730. The lowest BCUT2D eigenvalue weighted by Crippen LogP contribution is -2.00. The molecule has 1 heterocycles. The van der Waals surface area contributed by atoms with Crippen LogP contribution in [0.3, 0.4) is 0 Å². The van der Waals surface area contributed by atoms with Gasteiger partial charge in [0.15, 0.2) is 0 Å². The lowest BCUT2D eigenvalue weighted by molar-refractivity contribution is 0.831. The molecule has 0 unspecified atom stereocenters. The number of nitrogens with two attached hydrogens (primary N) is 1. The number of hydrogen-bond acceptors (Lipinski definition) is 2. The van der Waals surface area contributed by atoms with Crippen molar-refractivity contribution >= 4 is 27.0 Å². The third-order valence-electron chi connectivity index (χ3n) is 2.24. The highest BCUT2D eigenvalue weighted by Gasteiger charge is 2.03. The van der Waals surface area contributed by atoms with Gasteiger partial charge in [0.25, 0.3) is 0 Å². The number of aryl methyl sites for hydroxylation is 1. The largest absolute Gasteiger partial charge is 0.345 e. The Kier molecular flexibility index (Phi) is 2.84. The molecule has 3 N–H and O–H groups in total. The number of rotatable bonds is 3. The number of aromatic nitrogens is 2. The molecule has 2 aromatic rings. The molecule has 1 aromatic heterocycles. The van der Waals surface area contributed by atoms with Crippen LogP contribution in [0.25, 0.3) is 11.0 Å². The molecule has 1 aromatic carbocycles. The molecule has 0 spiro atoms. The normalized spacial score (nSPS) is 11.0. The smallest absolute Gasteiger partial charge is 0.0931 e. The predicted octanol–water partition coefficient (Wildman–Crippen LogP) is 2.22. The van der Waals surface area contributed by atoms with Crippen molar-refractivity contribution in [3.63, 3.8) is 0 Å². The van der Waals surface area contributed by atoms with Gasteiger partial charge >= 0.3 is 0 Å². The van der Waals surface area contributed by atoms with Gasteiger partial charge in [-0.3, -0.25) is 0 Å². The van der Waals surface area contributed by atoms with Crippen LogP contribution in [-0.2, 0) is 6.42 Å². The Bertz CT molecular complexity index is 436. The number of hydrogen-bond donors (Lipinski definition) is 2. The van der Waals surface area contributed by atoms with E-state index >= 15 is 0 Å². The fourth-order valence-electron chi connectivity index (χ4n) is 1.49. The van der Waals surface area contributed by atoms with Crippen LogP contribution < -0.4 is 5.73 Å². The first-order chi connectivity index (χ1) is 6.81. The summed E-state index contributed by atoms with van der Waals surface area (Å²) in [6, 6.07) is 4.17. The lowest BCUT2D eigenvalue weighted by atomic mass is 10.1. The van der Waals surface area contributed by atoms with Crippen molar-refractivity contribution in [2.24, 2.45) is 5.73 Å². The molecule has 0 radical (unpaired) electrons. The molecular formula is C10H12BrN3. The van der Waals surface area contributed by atoms with E-state index in [-0.39, 0.29) is 0 Å². The van der Waals surface area contributed by atoms with Crippen molar-refractivity contribution in [1.29, 1.82) is 0 Å². The van der Waals surface area contributed by atoms with Crippen LogP contribution in [-0.4, -0.2) is 16.5 Å². The average Bonchev–Trinajstić information content (AvgIpc) is 2.61. The second kappa shape index (κ2) is 4.11. The van der Waals surface area contributed by atoms with Gasteiger partial charge < -0.3 is 10.7 Å². The monoisotopic (exact) mass is 253 g/mol. The third kappa shape index (κ3) is 1.81. The third-order valence-corrected chi connectivity index (χ3v) is 2.98. The van der Waals surface area contributed by atoms with Crippen LogP contribution >= 0.6 is 15.9 Å². The van der Waals surface area contributed by atoms with E-state index < -0.39 is 0 Å². The van der Waals surface area contributed by atoms with E-state index in [0.29, 0.717) is 0 Å². The van der Waals surface area contributed by atoms with Crippen molar-refractivity contribution in [2.75, 3.05) is 6.54 Å². The van der Waals surface area contributed by atoms with Gasteiger partial charge in [0.1, 0.15) is 0 Å². The van der Waals surface area contributed by atoms with Crippen LogP contribution in [0.5, 0.6) is 0 Å². The summed E-state index contributed by atoms with van der Waals surface area (Å²) in [6.07, 6.45) is 3.73. The van der Waals surface area contributed by atoms with E-state index in [1.807, 2.05) is 6.07 Å². The van der Waals surface area contributed by atoms with E-state index in [0.717, 1.165) is 34.9 Å². The summed E-state index contributed by atoms with van der Waals surface area (Å²) in [4.78, 5) is 7.29. The Labute approximate surface area is 90.8 Å². The molecule has 0 aliphatic carbocycles. The number of benzene rings is 1. The summed E-state index contributed by atoms with van der Waals surface area (Å²) in [6.45, 7) is 0.730. The van der Waals surface area contributed by atoms with Gasteiger partial charge in [-0.05, 0) is 37.1 Å². The molecule has 0 aliphatic rings. The maximum atomic E-state index is 5.48. The molecule has 3 nitrogen and oxygen atoms in total. The van der Waals surface area contributed by atoms with Gasteiger partial charge in [-0.1, -0.05) is 15.9 Å². The minimum Gasteiger partial charge on any atom is -0.345 e. The zero-order valence-corrected chi connectivity index (χ0v) is 9.34. The van der Waals surface area contributed by atoms with Crippen LogP contribution in [0.1, 0.15) is 12.0 Å². The summed E-state index contributed by atoms with van der Waals surface area (Å²) in [5, 5.41) is 0. The topological polar surface area (TPSA) is 54.7 Å². The lowest BCUT2D eigenvalue weighted by Gasteiger charge is -2.03. The molecule has 0 aliphatic heterocycles. The zero-order valence-electron chi connectivity index (χ0n) is 7.76. The maximum absolute atomic E-state index is 5.48. The molecule has 0 amide bonds. The van der Waals surface area contributed by atoms with Crippen molar-refractivity contribution in [2.45, 2.75) is 12.8 Å². The second-order valence-electron chi connectivity index (χ2n) is 3.26. The summed E-state index contributed by atoms with van der Waals surface area (Å²) in [5.74, 6) is 0. The van der Waals surface area contributed by atoms with E-state index in [1.54, 1.807) is 6.33 Å². The first-order valence-corrected chi connectivity index (χ1v) is 5.42. The van der Waals surface area contributed by atoms with Crippen LogP contribution in [0.15, 0.2) is 22.9 Å². The molecular weight excluding hydrogens is 242 g/mol. The van der Waals surface area contributed by atoms with E-state index in [9.17, 15) is 0 Å². The van der Waals surface area contributed by atoms with Gasteiger partial charge in [-0.2, -0.15) is 0 Å². The van der Waals surface area contributed by atoms with E-state index in [4.69, 9.17) is 5.73 Å². The fourth-order valence-corrected chi connectivity index (χ4v) is 2.02. The van der Waals surface area contributed by atoms with Crippen molar-refractivity contribution < 1.29 is 0 Å². The highest BCUT2D eigenvalue weighted by Crippen LogP contribution is 2.23. The number of fused-ring (bicyclic) bond motifs is 1. The van der Waals surface area contributed by atoms with Gasteiger partial charge in [0.2, 0.25) is 0 Å². The first-order valence-electron chi connectivity index (χ1n) is 4.63. The molecule has 0 fully saturated rings. The number of nitrogens with one attached hydrogen (secondary N) is 1. The Morgan fingerprint density at radius 1 is 1.43 bits per heavy atom. The van der Waals surface area contributed by atoms with Gasteiger partial charge in [0, 0.05) is 4.47 Å². The first kappa shape index (κ1) is 9.68. The molecule has 0 saturated carbocycles. The maximum Gasteiger partial charge on any atom is 0.0931 e. The number of nitrogens with zero attached hydrogens (tertiary/aromatic N) is 1. The second-order valence-corrected chi connectivity index (χ2v) is 4.11. The molecule has 2 rings (SSSR count). The fraction of sp³-hybridized carbons (Fsp3) is 0.300. The molecule has 4 heteroatoms. The molecule has 0 bridgehead atoms. The van der Waals surface area contributed by atoms with Crippen molar-refractivity contribution in [3.8, 4) is 0 Å². The number of imidazole rings is 1. The number of halogens is 1. The van der Waals surface area contributed by atoms with Crippen molar-refractivity contribution in [1.82, 2.24) is 9.97 Å². The zero-order chi connectivity index (χ0) is 9.97. The van der Waals surface area contributed by atoms with E-state index in [2.05, 4.69) is 32.0 Å². The quantitative estimate of drug-likeness (QED) is 0.882. The molecule has 0 atom stereocenters. The highest BCUT2D eigenvalue weighted by molar-refractivity contribution is 9.10. The Morgan fingerprint density at radius 2 is 2.29 bits per heavy atom. The van der Waals surface area contributed by atoms with Gasteiger partial charge in [0.05, 0.1) is 17.4 Å². The Hall–Kier alpha value is -0.870. The van der Waals surface area contributed by atoms with Crippen LogP contribution in [0.2, 0.25) is 0 Å². The summed E-state index contributed by atoms with van der Waals surface area (Å²) in [7, 11) is 0. The van der Waals surface area contributed by atoms with Crippen LogP contribution in [0, 0.1) is 0 Å². The Balaban J connectivity index is 2.38. The molecule has 14 heavy (non-hydrogen) atoms. The number of H-pyrrole nitrogens is 1. The number of aromatic amines is 1. The van der Waals surface area contributed by atoms with E-state index in [1.165, 1.54) is 5.56 Å². The standard InChI is InChI=1S/C10H12BrN3/c11-8-5-10-9(13-6-14-10)4-7(8)2-1-3-12/h4-6H,1-3,12H2,(H,13,14). The van der Waals surface area contributed by atoms with Gasteiger partial charge in [-0.25, -0.2) is 4.98 Å². The van der Waals surface area contributed by atoms with Crippen molar-refractivity contribution in [3.05, 3.63) is 28.5 Å². The molecule has 0 saturated heterocycles. The predicted molar refractivity (Wildman–Crippen MR) is 61.2 cm³/mol. The average molecular weight is 254 g/mol. The SMILES string of the molecule is NCCCc1cc2[nH]cnc2cc1Br. The van der Waals surface area contributed by atoms with Gasteiger partial charge in [-0.15, -0.1) is 0 Å². The van der Waals surface area contributed by atoms with Crippen LogP contribution in [0.4, 0.5) is 0 Å². The Morgan fingerprint density at radius 3 is 3.07 bits per heavy atom.